The highest BCUT2D eigenvalue weighted by molar-refractivity contribution is 5.33. The van der Waals surface area contributed by atoms with Crippen molar-refractivity contribution < 1.29 is 4.74 Å². The Morgan fingerprint density at radius 2 is 1.94 bits per heavy atom. The Morgan fingerprint density at radius 1 is 1.29 bits per heavy atom. The average molecular weight is 236 g/mol. The van der Waals surface area contributed by atoms with Gasteiger partial charge < -0.3 is 15.4 Å². The third-order valence-electron chi connectivity index (χ3n) is 3.04. The van der Waals surface area contributed by atoms with Gasteiger partial charge in [0.15, 0.2) is 0 Å². The van der Waals surface area contributed by atoms with E-state index in [0.29, 0.717) is 6.04 Å². The number of methoxy groups -OCH3 is 1. The minimum absolute atomic E-state index is 0.208. The van der Waals surface area contributed by atoms with Gasteiger partial charge in [-0.1, -0.05) is 18.2 Å². The number of rotatable bonds is 6. The van der Waals surface area contributed by atoms with E-state index in [2.05, 4.69) is 31.0 Å². The van der Waals surface area contributed by atoms with Crippen molar-refractivity contribution in [2.24, 2.45) is 5.73 Å². The maximum Gasteiger partial charge on any atom is 0.122 e. The largest absolute Gasteiger partial charge is 0.496 e. The maximum atomic E-state index is 5.81. The predicted octanol–water partition coefficient (Wildman–Crippen LogP) is 1.91. The fourth-order valence-corrected chi connectivity index (χ4v) is 1.98. The van der Waals surface area contributed by atoms with E-state index >= 15 is 0 Å². The van der Waals surface area contributed by atoms with E-state index in [1.807, 2.05) is 19.1 Å². The van der Waals surface area contributed by atoms with Crippen molar-refractivity contribution in [2.75, 3.05) is 20.7 Å². The number of likely N-dealkylation sites (N-methyl/N-ethyl adjacent to an activating group) is 1. The molecule has 1 aromatic rings. The molecule has 0 saturated carbocycles. The Bertz CT molecular complexity index is 339. The third-order valence-corrected chi connectivity index (χ3v) is 3.04. The molecule has 0 saturated heterocycles. The smallest absolute Gasteiger partial charge is 0.122 e. The minimum Gasteiger partial charge on any atom is -0.496 e. The molecule has 3 heteroatoms. The standard InChI is InChI=1S/C14H24N2O/c1-11(15)10-16(3)12(2)9-13-7-5-6-8-14(13)17-4/h5-8,11-12H,9-10,15H2,1-4H3/t11-,12?/m1/s1. The molecule has 2 N–H and O–H groups in total. The van der Waals surface area contributed by atoms with Crippen LogP contribution in [0.15, 0.2) is 24.3 Å². The van der Waals surface area contributed by atoms with Gasteiger partial charge in [-0.3, -0.25) is 0 Å². The summed E-state index contributed by atoms with van der Waals surface area (Å²) in [6, 6.07) is 8.84. The van der Waals surface area contributed by atoms with Crippen molar-refractivity contribution in [1.82, 2.24) is 4.90 Å². The van der Waals surface area contributed by atoms with Gasteiger partial charge >= 0.3 is 0 Å². The van der Waals surface area contributed by atoms with Gasteiger partial charge in [0.2, 0.25) is 0 Å². The molecule has 0 aromatic heterocycles. The second-order valence-corrected chi connectivity index (χ2v) is 4.78. The molecule has 0 fully saturated rings. The quantitative estimate of drug-likeness (QED) is 0.820. The van der Waals surface area contributed by atoms with Crippen LogP contribution in [0.1, 0.15) is 19.4 Å². The summed E-state index contributed by atoms with van der Waals surface area (Å²) in [7, 11) is 3.83. The molecule has 0 aliphatic carbocycles. The number of ether oxygens (including phenoxy) is 1. The summed E-state index contributed by atoms with van der Waals surface area (Å²) in [5, 5.41) is 0. The molecule has 0 bridgehead atoms. The fourth-order valence-electron chi connectivity index (χ4n) is 1.98. The van der Waals surface area contributed by atoms with E-state index in [0.717, 1.165) is 18.7 Å². The van der Waals surface area contributed by atoms with Crippen molar-refractivity contribution in [3.63, 3.8) is 0 Å². The second-order valence-electron chi connectivity index (χ2n) is 4.78. The summed E-state index contributed by atoms with van der Waals surface area (Å²) in [5.41, 5.74) is 7.06. The Labute approximate surface area is 105 Å². The topological polar surface area (TPSA) is 38.5 Å². The zero-order valence-electron chi connectivity index (χ0n) is 11.3. The van der Waals surface area contributed by atoms with Crippen LogP contribution in [-0.2, 0) is 6.42 Å². The molecule has 0 spiro atoms. The van der Waals surface area contributed by atoms with Crippen molar-refractivity contribution in [2.45, 2.75) is 32.4 Å². The normalized spacial score (nSPS) is 14.7. The van der Waals surface area contributed by atoms with Gasteiger partial charge in [0.25, 0.3) is 0 Å². The average Bonchev–Trinajstić information content (AvgIpc) is 2.28. The van der Waals surface area contributed by atoms with Crippen LogP contribution in [-0.4, -0.2) is 37.7 Å². The Morgan fingerprint density at radius 3 is 2.53 bits per heavy atom. The lowest BCUT2D eigenvalue weighted by Crippen LogP contribution is -2.39. The van der Waals surface area contributed by atoms with E-state index in [4.69, 9.17) is 10.5 Å². The number of benzene rings is 1. The molecule has 0 radical (unpaired) electrons. The van der Waals surface area contributed by atoms with Gasteiger partial charge in [0.1, 0.15) is 5.75 Å². The second kappa shape index (κ2) is 6.62. The van der Waals surface area contributed by atoms with Crippen molar-refractivity contribution in [3.8, 4) is 5.75 Å². The first kappa shape index (κ1) is 14.0. The summed E-state index contributed by atoms with van der Waals surface area (Å²) in [6.45, 7) is 5.16. The van der Waals surface area contributed by atoms with E-state index in [1.54, 1.807) is 7.11 Å². The Kier molecular flexibility index (Phi) is 5.45. The predicted molar refractivity (Wildman–Crippen MR) is 72.4 cm³/mol. The maximum absolute atomic E-state index is 5.81. The third kappa shape index (κ3) is 4.36. The van der Waals surface area contributed by atoms with Crippen LogP contribution in [0.4, 0.5) is 0 Å². The van der Waals surface area contributed by atoms with Crippen molar-refractivity contribution >= 4 is 0 Å². The minimum atomic E-state index is 0.208. The highest BCUT2D eigenvalue weighted by atomic mass is 16.5. The zero-order valence-corrected chi connectivity index (χ0v) is 11.3. The summed E-state index contributed by atoms with van der Waals surface area (Å²) in [4.78, 5) is 2.29. The van der Waals surface area contributed by atoms with Gasteiger partial charge in [-0.25, -0.2) is 0 Å². The fraction of sp³-hybridized carbons (Fsp3) is 0.571. The van der Waals surface area contributed by atoms with Crippen LogP contribution < -0.4 is 10.5 Å². The first-order valence-electron chi connectivity index (χ1n) is 6.12. The monoisotopic (exact) mass is 236 g/mol. The highest BCUT2D eigenvalue weighted by Crippen LogP contribution is 2.20. The first-order valence-corrected chi connectivity index (χ1v) is 6.12. The lowest BCUT2D eigenvalue weighted by molar-refractivity contribution is 0.243. The molecular formula is C14H24N2O. The van der Waals surface area contributed by atoms with E-state index < -0.39 is 0 Å². The molecule has 1 unspecified atom stereocenters. The molecule has 3 nitrogen and oxygen atoms in total. The summed E-state index contributed by atoms with van der Waals surface area (Å²) >= 11 is 0. The highest BCUT2D eigenvalue weighted by Gasteiger charge is 2.13. The van der Waals surface area contributed by atoms with Gasteiger partial charge in [-0.15, -0.1) is 0 Å². The zero-order chi connectivity index (χ0) is 12.8. The molecule has 0 aliphatic rings. The molecule has 0 amide bonds. The number of nitrogens with two attached hydrogens (primary N) is 1. The summed E-state index contributed by atoms with van der Waals surface area (Å²) in [5.74, 6) is 0.966. The molecule has 17 heavy (non-hydrogen) atoms. The lowest BCUT2D eigenvalue weighted by Gasteiger charge is -2.26. The lowest BCUT2D eigenvalue weighted by atomic mass is 10.0. The van der Waals surface area contributed by atoms with Crippen molar-refractivity contribution in [1.29, 1.82) is 0 Å². The molecule has 1 aromatic carbocycles. The molecule has 1 rings (SSSR count). The van der Waals surface area contributed by atoms with Crippen LogP contribution in [0.5, 0.6) is 5.75 Å². The van der Waals surface area contributed by atoms with Gasteiger partial charge in [0.05, 0.1) is 7.11 Å². The van der Waals surface area contributed by atoms with Crippen LogP contribution in [0.2, 0.25) is 0 Å². The van der Waals surface area contributed by atoms with E-state index in [9.17, 15) is 0 Å². The van der Waals surface area contributed by atoms with E-state index in [-0.39, 0.29) is 6.04 Å². The SMILES string of the molecule is COc1ccccc1CC(C)N(C)C[C@@H](C)N. The number of para-hydroxylation sites is 1. The first-order chi connectivity index (χ1) is 8.04. The molecule has 96 valence electrons. The van der Waals surface area contributed by atoms with Gasteiger partial charge in [-0.2, -0.15) is 0 Å². The van der Waals surface area contributed by atoms with Crippen LogP contribution in [0.25, 0.3) is 0 Å². The number of nitrogens with zero attached hydrogens (tertiary/aromatic N) is 1. The van der Waals surface area contributed by atoms with Crippen molar-refractivity contribution in [3.05, 3.63) is 29.8 Å². The summed E-state index contributed by atoms with van der Waals surface area (Å²) in [6.07, 6.45) is 0.979. The molecule has 2 atom stereocenters. The summed E-state index contributed by atoms with van der Waals surface area (Å²) < 4.78 is 5.36. The van der Waals surface area contributed by atoms with Gasteiger partial charge in [0, 0.05) is 18.6 Å². The Balaban J connectivity index is 2.63. The van der Waals surface area contributed by atoms with Crippen LogP contribution >= 0.6 is 0 Å². The van der Waals surface area contributed by atoms with Crippen LogP contribution in [0.3, 0.4) is 0 Å². The number of hydrogen-bond acceptors (Lipinski definition) is 3. The molecule has 0 aliphatic heterocycles. The van der Waals surface area contributed by atoms with Gasteiger partial charge in [-0.05, 0) is 38.9 Å². The van der Waals surface area contributed by atoms with Crippen LogP contribution in [0, 0.1) is 0 Å². The molecular weight excluding hydrogens is 212 g/mol. The van der Waals surface area contributed by atoms with E-state index in [1.165, 1.54) is 5.56 Å². The number of hydrogen-bond donors (Lipinski definition) is 1. The Hall–Kier alpha value is -1.06. The molecule has 0 heterocycles.